The molecule has 1 aliphatic carbocycles. The molecular weight excluding hydrogens is 236 g/mol. The molecule has 1 aromatic carbocycles. The van der Waals surface area contributed by atoms with Gasteiger partial charge in [-0.25, -0.2) is 0 Å². The number of benzene rings is 1. The topological polar surface area (TPSA) is 0 Å². The molecular formula is C13H11Br. The molecule has 0 heterocycles. The molecule has 0 fully saturated rings. The van der Waals surface area contributed by atoms with Gasteiger partial charge in [0.2, 0.25) is 0 Å². The molecule has 0 spiro atoms. The predicted molar refractivity (Wildman–Crippen MR) is 65.2 cm³/mol. The Bertz CT molecular complexity index is 397. The molecule has 0 saturated carbocycles. The molecule has 0 bridgehead atoms. The summed E-state index contributed by atoms with van der Waals surface area (Å²) in [4.78, 5) is 0. The maximum absolute atomic E-state index is 3.54. The summed E-state index contributed by atoms with van der Waals surface area (Å²) in [6, 6.07) is 10.5. The highest BCUT2D eigenvalue weighted by molar-refractivity contribution is 9.11. The van der Waals surface area contributed by atoms with Crippen LogP contribution in [-0.2, 0) is 0 Å². The Kier molecular flexibility index (Phi) is 3.00. The highest BCUT2D eigenvalue weighted by atomic mass is 79.9. The standard InChI is InChI=1S/C13H11Br/c14-13-9-5-4-8-12(10-13)11-6-2-1-3-7-11/h1-9H,10H2. The minimum Gasteiger partial charge on any atom is -0.0622 e. The lowest BCUT2D eigenvalue weighted by Crippen LogP contribution is -1.83. The quantitative estimate of drug-likeness (QED) is 0.693. The maximum Gasteiger partial charge on any atom is 0.00466 e. The van der Waals surface area contributed by atoms with E-state index in [0.717, 1.165) is 6.42 Å². The Morgan fingerprint density at radius 2 is 1.64 bits per heavy atom. The molecule has 0 radical (unpaired) electrons. The summed E-state index contributed by atoms with van der Waals surface area (Å²) in [5.41, 5.74) is 2.65. The van der Waals surface area contributed by atoms with E-state index in [1.807, 2.05) is 6.07 Å². The first-order chi connectivity index (χ1) is 6.86. The highest BCUT2D eigenvalue weighted by Crippen LogP contribution is 2.27. The zero-order valence-electron chi connectivity index (χ0n) is 7.78. The minimum atomic E-state index is 0.969. The van der Waals surface area contributed by atoms with Crippen LogP contribution in [0.4, 0.5) is 0 Å². The Morgan fingerprint density at radius 3 is 2.43 bits per heavy atom. The van der Waals surface area contributed by atoms with Crippen molar-refractivity contribution in [2.24, 2.45) is 0 Å². The second kappa shape index (κ2) is 4.43. The number of hydrogen-bond donors (Lipinski definition) is 0. The summed E-state index contributed by atoms with van der Waals surface area (Å²) in [6.07, 6.45) is 9.36. The summed E-state index contributed by atoms with van der Waals surface area (Å²) < 4.78 is 1.22. The summed E-state index contributed by atoms with van der Waals surface area (Å²) in [7, 11) is 0. The van der Waals surface area contributed by atoms with Gasteiger partial charge in [0, 0.05) is 6.42 Å². The lowest BCUT2D eigenvalue weighted by Gasteiger charge is -2.04. The summed E-state index contributed by atoms with van der Waals surface area (Å²) >= 11 is 3.54. The van der Waals surface area contributed by atoms with Gasteiger partial charge in [-0.2, -0.15) is 0 Å². The number of halogens is 1. The molecule has 70 valence electrons. The van der Waals surface area contributed by atoms with Crippen molar-refractivity contribution in [3.05, 3.63) is 64.7 Å². The molecule has 0 aromatic heterocycles. The summed E-state index contributed by atoms with van der Waals surface area (Å²) in [6.45, 7) is 0. The predicted octanol–water partition coefficient (Wildman–Crippen LogP) is 4.31. The number of rotatable bonds is 1. The first-order valence-electron chi connectivity index (χ1n) is 4.63. The molecule has 0 saturated heterocycles. The van der Waals surface area contributed by atoms with E-state index < -0.39 is 0 Å². The monoisotopic (exact) mass is 246 g/mol. The van der Waals surface area contributed by atoms with Gasteiger partial charge in [-0.3, -0.25) is 0 Å². The molecule has 0 unspecified atom stereocenters. The molecule has 2 rings (SSSR count). The van der Waals surface area contributed by atoms with Gasteiger partial charge in [-0.05, 0) is 15.6 Å². The molecule has 0 nitrogen and oxygen atoms in total. The van der Waals surface area contributed by atoms with Crippen LogP contribution in [0.1, 0.15) is 12.0 Å². The van der Waals surface area contributed by atoms with Crippen LogP contribution in [0.2, 0.25) is 0 Å². The van der Waals surface area contributed by atoms with E-state index >= 15 is 0 Å². The van der Waals surface area contributed by atoms with E-state index in [0.29, 0.717) is 0 Å². The van der Waals surface area contributed by atoms with E-state index in [1.54, 1.807) is 0 Å². The third-order valence-corrected chi connectivity index (χ3v) is 2.73. The molecule has 1 heteroatoms. The molecule has 14 heavy (non-hydrogen) atoms. The van der Waals surface area contributed by atoms with Crippen molar-refractivity contribution in [2.45, 2.75) is 6.42 Å². The van der Waals surface area contributed by atoms with Crippen LogP contribution in [0.15, 0.2) is 59.1 Å². The second-order valence-corrected chi connectivity index (χ2v) is 4.25. The average Bonchev–Trinajstić information content (AvgIpc) is 2.44. The van der Waals surface area contributed by atoms with Crippen molar-refractivity contribution in [1.82, 2.24) is 0 Å². The Hall–Kier alpha value is -1.08. The molecule has 0 amide bonds. The fourth-order valence-electron chi connectivity index (χ4n) is 1.48. The normalized spacial score (nSPS) is 15.8. The van der Waals surface area contributed by atoms with Gasteiger partial charge in [0.1, 0.15) is 0 Å². The van der Waals surface area contributed by atoms with Crippen LogP contribution < -0.4 is 0 Å². The van der Waals surface area contributed by atoms with Gasteiger partial charge < -0.3 is 0 Å². The zero-order chi connectivity index (χ0) is 9.80. The molecule has 0 N–H and O–H groups in total. The van der Waals surface area contributed by atoms with Crippen LogP contribution in [0.3, 0.4) is 0 Å². The van der Waals surface area contributed by atoms with Gasteiger partial charge >= 0.3 is 0 Å². The van der Waals surface area contributed by atoms with Crippen LogP contribution in [0.5, 0.6) is 0 Å². The molecule has 0 atom stereocenters. The summed E-state index contributed by atoms with van der Waals surface area (Å²) in [5, 5.41) is 0. The minimum absolute atomic E-state index is 0.969. The van der Waals surface area contributed by atoms with Gasteiger partial charge in [0.15, 0.2) is 0 Å². The number of hydrogen-bond acceptors (Lipinski definition) is 0. The van der Waals surface area contributed by atoms with Crippen LogP contribution in [0.25, 0.3) is 5.57 Å². The SMILES string of the molecule is BrC1=CC=CC=C(c2ccccc2)C1. The van der Waals surface area contributed by atoms with Crippen molar-refractivity contribution in [3.63, 3.8) is 0 Å². The van der Waals surface area contributed by atoms with Gasteiger partial charge in [0.25, 0.3) is 0 Å². The Morgan fingerprint density at radius 1 is 0.929 bits per heavy atom. The maximum atomic E-state index is 3.54. The van der Waals surface area contributed by atoms with E-state index in [4.69, 9.17) is 0 Å². The average molecular weight is 247 g/mol. The summed E-state index contributed by atoms with van der Waals surface area (Å²) in [5.74, 6) is 0. The van der Waals surface area contributed by atoms with Crippen molar-refractivity contribution in [1.29, 1.82) is 0 Å². The van der Waals surface area contributed by atoms with E-state index in [-0.39, 0.29) is 0 Å². The fraction of sp³-hybridized carbons (Fsp3) is 0.0769. The number of allylic oxidation sites excluding steroid dienone is 6. The van der Waals surface area contributed by atoms with Gasteiger partial charge in [-0.15, -0.1) is 0 Å². The highest BCUT2D eigenvalue weighted by Gasteiger charge is 2.03. The smallest absolute Gasteiger partial charge is 0.00466 e. The molecule has 1 aromatic rings. The fourth-order valence-corrected chi connectivity index (χ4v) is 1.94. The second-order valence-electron chi connectivity index (χ2n) is 3.23. The lowest BCUT2D eigenvalue weighted by molar-refractivity contribution is 1.38. The lowest BCUT2D eigenvalue weighted by atomic mass is 10.0. The third-order valence-electron chi connectivity index (χ3n) is 2.19. The molecule has 0 aliphatic heterocycles. The van der Waals surface area contributed by atoms with Crippen molar-refractivity contribution in [3.8, 4) is 0 Å². The Labute approximate surface area is 92.8 Å². The molecule has 1 aliphatic rings. The third kappa shape index (κ3) is 2.24. The first kappa shape index (κ1) is 9.47. The van der Waals surface area contributed by atoms with Crippen molar-refractivity contribution < 1.29 is 0 Å². The van der Waals surface area contributed by atoms with Crippen LogP contribution in [-0.4, -0.2) is 0 Å². The zero-order valence-corrected chi connectivity index (χ0v) is 9.37. The van der Waals surface area contributed by atoms with E-state index in [9.17, 15) is 0 Å². The van der Waals surface area contributed by atoms with Gasteiger partial charge in [0.05, 0.1) is 0 Å². The largest absolute Gasteiger partial charge is 0.0622 e. The first-order valence-corrected chi connectivity index (χ1v) is 5.43. The van der Waals surface area contributed by atoms with Crippen molar-refractivity contribution >= 4 is 21.5 Å². The van der Waals surface area contributed by atoms with E-state index in [1.165, 1.54) is 15.6 Å². The van der Waals surface area contributed by atoms with Gasteiger partial charge in [-0.1, -0.05) is 70.6 Å². The van der Waals surface area contributed by atoms with Crippen molar-refractivity contribution in [2.75, 3.05) is 0 Å². The van der Waals surface area contributed by atoms with E-state index in [2.05, 4.69) is 64.5 Å². The van der Waals surface area contributed by atoms with Crippen LogP contribution in [0, 0.1) is 0 Å². The van der Waals surface area contributed by atoms with Crippen LogP contribution >= 0.6 is 15.9 Å². The Balaban J connectivity index is 2.32.